The Morgan fingerprint density at radius 1 is 0.545 bits per heavy atom. The second kappa shape index (κ2) is 12.6. The molecule has 0 bridgehead atoms. The molecule has 0 unspecified atom stereocenters. The van der Waals surface area contributed by atoms with E-state index in [4.69, 9.17) is 30.5 Å². The minimum absolute atomic E-state index is 0.0224. The SMILES string of the molecule is C[CH](C)[Sb]([O]C(=O)CCCl)([O][Sb]([O]C(=O)CCCl)([CH](C)C)([CH](C)C)[CH](C)C)([CH](C)C)[CH](C)C. The van der Waals surface area contributed by atoms with Crippen molar-refractivity contribution in [1.82, 2.24) is 0 Å². The van der Waals surface area contributed by atoms with Gasteiger partial charge in [0.25, 0.3) is 0 Å². The van der Waals surface area contributed by atoms with Crippen LogP contribution in [-0.2, 0) is 16.9 Å². The fourth-order valence-corrected chi connectivity index (χ4v) is 76.0. The molecule has 0 atom stereocenters. The molecule has 200 valence electrons. The predicted molar refractivity (Wildman–Crippen MR) is 146 cm³/mol. The summed E-state index contributed by atoms with van der Waals surface area (Å²) in [7, 11) is 0. The predicted octanol–water partition coefficient (Wildman–Crippen LogP) is 8.60. The van der Waals surface area contributed by atoms with Gasteiger partial charge in [-0.2, -0.15) is 0 Å². The first-order valence-corrected chi connectivity index (χ1v) is 26.3. The summed E-state index contributed by atoms with van der Waals surface area (Å²) in [4.78, 5) is 26.3. The van der Waals surface area contributed by atoms with Crippen molar-refractivity contribution in [1.29, 1.82) is 0 Å². The van der Waals surface area contributed by atoms with Crippen molar-refractivity contribution in [2.45, 2.75) is 119 Å². The number of rotatable bonds is 14. The van der Waals surface area contributed by atoms with Crippen LogP contribution in [0.5, 0.6) is 0 Å². The van der Waals surface area contributed by atoms with Crippen LogP contribution >= 0.6 is 23.2 Å². The van der Waals surface area contributed by atoms with E-state index in [1.165, 1.54) is 0 Å². The molecule has 9 heteroatoms. The van der Waals surface area contributed by atoms with Crippen LogP contribution in [0.25, 0.3) is 0 Å². The van der Waals surface area contributed by atoms with Crippen molar-refractivity contribution in [3.63, 3.8) is 0 Å². The van der Waals surface area contributed by atoms with E-state index in [1.807, 2.05) is 0 Å². The standard InChI is InChI=1S/2C3H5ClO2.6C3H7.O.2Sb/c2*4-2-1-3(5)6;6*1-3-2;;;/h2*1-2H2,(H,5,6);6*3H,1-2H3;;;/q;;;;;;;;;2*+1/p-2. The van der Waals surface area contributed by atoms with Crippen LogP contribution < -0.4 is 0 Å². The van der Waals surface area contributed by atoms with Gasteiger partial charge >= 0.3 is 219 Å². The van der Waals surface area contributed by atoms with Gasteiger partial charge in [0.1, 0.15) is 0 Å². The third kappa shape index (κ3) is 5.68. The zero-order chi connectivity index (χ0) is 26.5. The molecule has 0 heterocycles. The van der Waals surface area contributed by atoms with Gasteiger partial charge in [0.05, 0.1) is 0 Å². The Labute approximate surface area is 217 Å². The van der Waals surface area contributed by atoms with Crippen molar-refractivity contribution >= 4 is 71.6 Å². The number of halogens is 2. The molecule has 0 aromatic carbocycles. The summed E-state index contributed by atoms with van der Waals surface area (Å²) in [5.74, 6) is -0.258. The van der Waals surface area contributed by atoms with Crippen LogP contribution in [0.15, 0.2) is 0 Å². The third-order valence-corrected chi connectivity index (χ3v) is 61.7. The van der Waals surface area contributed by atoms with Gasteiger partial charge in [0.15, 0.2) is 0 Å². The second-order valence-corrected chi connectivity index (χ2v) is 47.0. The molecule has 0 fully saturated rings. The fourth-order valence-electron chi connectivity index (χ4n) is 5.86. The van der Waals surface area contributed by atoms with E-state index in [-0.39, 0.29) is 59.7 Å². The van der Waals surface area contributed by atoms with E-state index >= 15 is 0 Å². The van der Waals surface area contributed by atoms with E-state index in [1.54, 1.807) is 0 Å². The summed E-state index contributed by atoms with van der Waals surface area (Å²) in [5.41, 5.74) is 0. The fraction of sp³-hybridized carbons (Fsp3) is 0.917. The van der Waals surface area contributed by atoms with Crippen LogP contribution in [0.3, 0.4) is 0 Å². The van der Waals surface area contributed by atoms with Crippen molar-refractivity contribution in [3.8, 4) is 0 Å². The first-order valence-electron chi connectivity index (χ1n) is 12.3. The molecule has 0 radical (unpaired) electrons. The van der Waals surface area contributed by atoms with Crippen LogP contribution in [-0.4, -0.2) is 60.2 Å². The normalized spacial score (nSPS) is 15.8. The second-order valence-electron chi connectivity index (χ2n) is 10.8. The molecule has 0 aromatic heterocycles. The number of alkyl halides is 2. The van der Waals surface area contributed by atoms with Crippen molar-refractivity contribution in [3.05, 3.63) is 0 Å². The molecule has 0 aliphatic carbocycles. The molecule has 0 spiro atoms. The Hall–Kier alpha value is 1.12. The molecule has 0 N–H and O–H groups in total. The van der Waals surface area contributed by atoms with E-state index in [2.05, 4.69) is 83.1 Å². The molecule has 0 saturated heterocycles. The zero-order valence-electron chi connectivity index (χ0n) is 23.0. The van der Waals surface area contributed by atoms with Crippen LogP contribution in [0, 0.1) is 0 Å². The first kappa shape index (κ1) is 34.1. The van der Waals surface area contributed by atoms with Crippen LogP contribution in [0.2, 0.25) is 23.2 Å². The third-order valence-electron chi connectivity index (χ3n) is 7.65. The molecule has 0 saturated carbocycles. The maximum atomic E-state index is 13.2. The Balaban J connectivity index is 7.72. The molecular formula is C24H50Cl2O5Sb2. The maximum absolute atomic E-state index is 13.2. The molecule has 0 rings (SSSR count). The van der Waals surface area contributed by atoms with Gasteiger partial charge in [-0.3, -0.25) is 0 Å². The van der Waals surface area contributed by atoms with Gasteiger partial charge < -0.3 is 0 Å². The summed E-state index contributed by atoms with van der Waals surface area (Å²) in [5, 5.41) is 0. The average molecular weight is 733 g/mol. The zero-order valence-corrected chi connectivity index (χ0v) is 29.6. The van der Waals surface area contributed by atoms with Crippen molar-refractivity contribution in [2.24, 2.45) is 0 Å². The van der Waals surface area contributed by atoms with Gasteiger partial charge in [-0.15, -0.1) is 0 Å². The van der Waals surface area contributed by atoms with Gasteiger partial charge in [-0.25, -0.2) is 0 Å². The molecule has 0 aliphatic heterocycles. The Kier molecular flexibility index (Phi) is 13.0. The van der Waals surface area contributed by atoms with Gasteiger partial charge in [0.2, 0.25) is 0 Å². The molecule has 33 heavy (non-hydrogen) atoms. The number of hydrogen-bond donors (Lipinski definition) is 0. The molecule has 0 aromatic rings. The summed E-state index contributed by atoms with van der Waals surface area (Å²) < 4.78 is 21.1. The quantitative estimate of drug-likeness (QED) is 0.132. The van der Waals surface area contributed by atoms with E-state index in [0.717, 1.165) is 0 Å². The summed E-state index contributed by atoms with van der Waals surface area (Å²) >= 11 is 2.00. The van der Waals surface area contributed by atoms with Crippen molar-refractivity contribution in [2.75, 3.05) is 11.8 Å². The number of carbonyl (C=O) groups excluding carboxylic acids is 2. The van der Waals surface area contributed by atoms with Gasteiger partial charge in [-0.1, -0.05) is 0 Å². The van der Waals surface area contributed by atoms with Gasteiger partial charge in [0, 0.05) is 0 Å². The average Bonchev–Trinajstić information content (AvgIpc) is 2.65. The van der Waals surface area contributed by atoms with E-state index in [0.29, 0.717) is 0 Å². The Morgan fingerprint density at radius 3 is 0.909 bits per heavy atom. The molecule has 5 nitrogen and oxygen atoms in total. The van der Waals surface area contributed by atoms with E-state index in [9.17, 15) is 9.59 Å². The van der Waals surface area contributed by atoms with Crippen LogP contribution in [0.4, 0.5) is 0 Å². The minimum atomic E-state index is -4.94. The topological polar surface area (TPSA) is 61.8 Å². The van der Waals surface area contributed by atoms with Crippen LogP contribution in [0.1, 0.15) is 95.9 Å². The van der Waals surface area contributed by atoms with Crippen molar-refractivity contribution < 1.29 is 16.9 Å². The number of carbonyl (C=O) groups is 2. The Bertz CT molecular complexity index is 573. The molecule has 0 amide bonds. The summed E-state index contributed by atoms with van der Waals surface area (Å²) in [6.45, 7) is 25.3. The Morgan fingerprint density at radius 2 is 0.758 bits per heavy atom. The first-order chi connectivity index (χ1) is 14.9. The number of hydrogen-bond acceptors (Lipinski definition) is 5. The summed E-state index contributed by atoms with van der Waals surface area (Å²) in [6, 6.07) is 0. The van der Waals surface area contributed by atoms with Gasteiger partial charge in [-0.05, 0) is 0 Å². The summed E-state index contributed by atoms with van der Waals surface area (Å²) in [6.07, 6.45) is 0.250. The molecular weight excluding hydrogens is 683 g/mol. The molecule has 0 aliphatic rings. The monoisotopic (exact) mass is 730 g/mol. The van der Waals surface area contributed by atoms with E-state index < -0.39 is 36.5 Å².